The summed E-state index contributed by atoms with van der Waals surface area (Å²) in [6.07, 6.45) is 0.317. The Morgan fingerprint density at radius 1 is 1.20 bits per heavy atom. The molecular weight excluding hydrogens is 361 g/mol. The molecule has 0 aromatic heterocycles. The molecule has 2 atom stereocenters. The zero-order chi connectivity index (χ0) is 16.7. The van der Waals surface area contributed by atoms with Gasteiger partial charge in [0.05, 0.1) is 13.2 Å². The fraction of sp³-hybridized carbons (Fsp3) is 0.611. The zero-order valence-electron chi connectivity index (χ0n) is 15.0. The van der Waals surface area contributed by atoms with Gasteiger partial charge in [-0.25, -0.2) is 0 Å². The molecule has 0 spiro atoms. The zero-order valence-corrected chi connectivity index (χ0v) is 16.7. The molecule has 2 unspecified atom stereocenters. The highest BCUT2D eigenvalue weighted by Crippen LogP contribution is 2.14. The van der Waals surface area contributed by atoms with E-state index in [0.717, 1.165) is 31.9 Å². The highest BCUT2D eigenvalue weighted by Gasteiger charge is 2.24. The number of morpholine rings is 1. The molecule has 1 fully saturated rings. The van der Waals surface area contributed by atoms with Crippen LogP contribution in [-0.2, 0) is 9.53 Å². The Hall–Kier alpha value is -0.850. The summed E-state index contributed by atoms with van der Waals surface area (Å²) in [6, 6.07) is 9.85. The third-order valence-corrected chi connectivity index (χ3v) is 4.43. The van der Waals surface area contributed by atoms with E-state index in [4.69, 9.17) is 10.5 Å². The van der Waals surface area contributed by atoms with Crippen LogP contribution in [0.3, 0.4) is 0 Å². The first-order valence-corrected chi connectivity index (χ1v) is 8.47. The molecule has 1 aliphatic heterocycles. The van der Waals surface area contributed by atoms with Crippen molar-refractivity contribution in [2.75, 3.05) is 32.8 Å². The average molecular weight is 392 g/mol. The molecule has 1 heterocycles. The fourth-order valence-electron chi connectivity index (χ4n) is 3.00. The molecule has 25 heavy (non-hydrogen) atoms. The maximum Gasteiger partial charge on any atom is 0.221 e. The summed E-state index contributed by atoms with van der Waals surface area (Å²) >= 11 is 0. The maximum atomic E-state index is 12.2. The molecule has 1 aromatic carbocycles. The molecule has 1 amide bonds. The molecule has 1 aromatic rings. The van der Waals surface area contributed by atoms with Crippen molar-refractivity contribution in [3.05, 3.63) is 35.9 Å². The summed E-state index contributed by atoms with van der Waals surface area (Å²) in [5, 5.41) is 3.06. The number of carbonyl (C=O) groups is 1. The largest absolute Gasteiger partial charge is 0.379 e. The van der Waals surface area contributed by atoms with E-state index in [1.165, 1.54) is 0 Å². The molecule has 1 aliphatic rings. The van der Waals surface area contributed by atoms with E-state index in [0.29, 0.717) is 24.9 Å². The average Bonchev–Trinajstić information content (AvgIpc) is 2.56. The summed E-state index contributed by atoms with van der Waals surface area (Å²) in [7, 11) is 0. The second-order valence-corrected chi connectivity index (χ2v) is 6.49. The normalized spacial score (nSPS) is 17.1. The summed E-state index contributed by atoms with van der Waals surface area (Å²) in [5.74, 6) is 0.497. The van der Waals surface area contributed by atoms with Crippen LogP contribution in [0.15, 0.2) is 30.3 Å². The van der Waals surface area contributed by atoms with E-state index < -0.39 is 0 Å². The van der Waals surface area contributed by atoms with E-state index in [2.05, 4.69) is 24.1 Å². The standard InChI is InChI=1S/C18H29N3O2.2ClH/c1-14(2)17(21-8-10-23-11-9-21)13-20-18(22)12-16(19)15-6-4-3-5-7-15;;/h3-7,14,16-17H,8-13,19H2,1-2H3,(H,20,22);2*1H. The van der Waals surface area contributed by atoms with Gasteiger partial charge in [0.2, 0.25) is 5.91 Å². The minimum absolute atomic E-state index is 0. The molecule has 7 heteroatoms. The fourth-order valence-corrected chi connectivity index (χ4v) is 3.00. The van der Waals surface area contributed by atoms with Gasteiger partial charge >= 0.3 is 0 Å². The van der Waals surface area contributed by atoms with Crippen LogP contribution in [0.1, 0.15) is 31.9 Å². The summed E-state index contributed by atoms with van der Waals surface area (Å²) < 4.78 is 5.41. The first-order chi connectivity index (χ1) is 11.1. The van der Waals surface area contributed by atoms with E-state index in [1.54, 1.807) is 0 Å². The second-order valence-electron chi connectivity index (χ2n) is 6.49. The third kappa shape index (κ3) is 7.92. The van der Waals surface area contributed by atoms with E-state index in [1.807, 2.05) is 30.3 Å². The quantitative estimate of drug-likeness (QED) is 0.748. The molecule has 0 aliphatic carbocycles. The molecule has 144 valence electrons. The van der Waals surface area contributed by atoms with Crippen molar-refractivity contribution < 1.29 is 9.53 Å². The van der Waals surface area contributed by atoms with Crippen LogP contribution in [-0.4, -0.2) is 49.7 Å². The SMILES string of the molecule is CC(C)C(CNC(=O)CC(N)c1ccccc1)N1CCOCC1.Cl.Cl. The van der Waals surface area contributed by atoms with Gasteiger partial charge in [-0.2, -0.15) is 0 Å². The molecule has 5 nitrogen and oxygen atoms in total. The van der Waals surface area contributed by atoms with Gasteiger partial charge in [-0.1, -0.05) is 44.2 Å². The number of ether oxygens (including phenoxy) is 1. The van der Waals surface area contributed by atoms with Crippen LogP contribution in [0, 0.1) is 5.92 Å². The molecule has 0 radical (unpaired) electrons. The Balaban J connectivity index is 0.00000288. The second kappa shape index (κ2) is 12.5. The Kier molecular flexibility index (Phi) is 12.1. The Labute approximate surface area is 163 Å². The van der Waals surface area contributed by atoms with Gasteiger partial charge in [-0.05, 0) is 11.5 Å². The predicted octanol–water partition coefficient (Wildman–Crippen LogP) is 2.39. The molecular formula is C18H31Cl2N3O2. The molecule has 1 saturated heterocycles. The van der Waals surface area contributed by atoms with Crippen LogP contribution in [0.25, 0.3) is 0 Å². The van der Waals surface area contributed by atoms with Crippen molar-refractivity contribution in [1.82, 2.24) is 10.2 Å². The summed E-state index contributed by atoms with van der Waals surface area (Å²) in [4.78, 5) is 14.6. The van der Waals surface area contributed by atoms with E-state index in [-0.39, 0.29) is 36.8 Å². The molecule has 0 saturated carbocycles. The van der Waals surface area contributed by atoms with Crippen molar-refractivity contribution in [2.24, 2.45) is 11.7 Å². The van der Waals surface area contributed by atoms with Crippen molar-refractivity contribution >= 4 is 30.7 Å². The lowest BCUT2D eigenvalue weighted by atomic mass is 10.0. The van der Waals surface area contributed by atoms with Crippen molar-refractivity contribution in [3.8, 4) is 0 Å². The number of nitrogens with one attached hydrogen (secondary N) is 1. The van der Waals surface area contributed by atoms with Crippen LogP contribution >= 0.6 is 24.8 Å². The lowest BCUT2D eigenvalue weighted by Crippen LogP contribution is -2.51. The Morgan fingerprint density at radius 3 is 2.36 bits per heavy atom. The molecule has 2 rings (SSSR count). The summed E-state index contributed by atoms with van der Waals surface area (Å²) in [5.41, 5.74) is 7.11. The van der Waals surface area contributed by atoms with Gasteiger partial charge < -0.3 is 15.8 Å². The highest BCUT2D eigenvalue weighted by molar-refractivity contribution is 5.85. The maximum absolute atomic E-state index is 12.2. The number of halogens is 2. The van der Waals surface area contributed by atoms with E-state index >= 15 is 0 Å². The highest BCUT2D eigenvalue weighted by atomic mass is 35.5. The number of rotatable bonds is 7. The minimum Gasteiger partial charge on any atom is -0.379 e. The predicted molar refractivity (Wildman–Crippen MR) is 107 cm³/mol. The van der Waals surface area contributed by atoms with Crippen LogP contribution < -0.4 is 11.1 Å². The number of benzene rings is 1. The monoisotopic (exact) mass is 391 g/mol. The van der Waals surface area contributed by atoms with Crippen molar-refractivity contribution in [1.29, 1.82) is 0 Å². The number of amides is 1. The Morgan fingerprint density at radius 2 is 1.80 bits per heavy atom. The summed E-state index contributed by atoms with van der Waals surface area (Å²) in [6.45, 7) is 8.47. The van der Waals surface area contributed by atoms with Crippen LogP contribution in [0.4, 0.5) is 0 Å². The number of hydrogen-bond donors (Lipinski definition) is 2. The van der Waals surface area contributed by atoms with Gasteiger partial charge in [0, 0.05) is 38.1 Å². The minimum atomic E-state index is -0.253. The topological polar surface area (TPSA) is 67.6 Å². The number of nitrogens with two attached hydrogens (primary N) is 1. The molecule has 3 N–H and O–H groups in total. The van der Waals surface area contributed by atoms with Crippen molar-refractivity contribution in [2.45, 2.75) is 32.4 Å². The van der Waals surface area contributed by atoms with E-state index in [9.17, 15) is 4.79 Å². The van der Waals surface area contributed by atoms with Gasteiger partial charge in [-0.3, -0.25) is 9.69 Å². The third-order valence-electron chi connectivity index (χ3n) is 4.43. The number of carbonyl (C=O) groups excluding carboxylic acids is 1. The van der Waals surface area contributed by atoms with Crippen LogP contribution in [0.5, 0.6) is 0 Å². The molecule has 0 bridgehead atoms. The Bertz CT molecular complexity index is 482. The number of hydrogen-bond acceptors (Lipinski definition) is 4. The lowest BCUT2D eigenvalue weighted by Gasteiger charge is -2.37. The van der Waals surface area contributed by atoms with Gasteiger partial charge in [0.1, 0.15) is 0 Å². The first-order valence-electron chi connectivity index (χ1n) is 8.47. The van der Waals surface area contributed by atoms with Gasteiger partial charge in [0.25, 0.3) is 0 Å². The smallest absolute Gasteiger partial charge is 0.221 e. The first kappa shape index (κ1) is 24.1. The van der Waals surface area contributed by atoms with Gasteiger partial charge in [0.15, 0.2) is 0 Å². The van der Waals surface area contributed by atoms with Crippen LogP contribution in [0.2, 0.25) is 0 Å². The van der Waals surface area contributed by atoms with Crippen molar-refractivity contribution in [3.63, 3.8) is 0 Å². The number of nitrogens with zero attached hydrogens (tertiary/aromatic N) is 1. The lowest BCUT2D eigenvalue weighted by molar-refractivity contribution is -0.121. The van der Waals surface area contributed by atoms with Gasteiger partial charge in [-0.15, -0.1) is 24.8 Å².